The summed E-state index contributed by atoms with van der Waals surface area (Å²) in [6, 6.07) is 0. The topological polar surface area (TPSA) is 55.5 Å². The Bertz CT molecular complexity index is 257. The van der Waals surface area contributed by atoms with E-state index in [1.54, 1.807) is 0 Å². The predicted octanol–water partition coefficient (Wildman–Crippen LogP) is 2.61. The van der Waals surface area contributed by atoms with E-state index in [1.807, 2.05) is 0 Å². The van der Waals surface area contributed by atoms with Crippen LogP contribution in [0, 0.1) is 5.41 Å². The van der Waals surface area contributed by atoms with Gasteiger partial charge in [0.2, 0.25) is 0 Å². The number of hydrogen-bond acceptors (Lipinski definition) is 3. The molecule has 1 aliphatic carbocycles. The molecule has 2 atom stereocenters. The van der Waals surface area contributed by atoms with Gasteiger partial charge >= 0.3 is 0 Å². The maximum Gasteiger partial charge on any atom is 0.0687 e. The third kappa shape index (κ3) is 2.89. The normalized spacial score (nSPS) is 29.8. The zero-order valence-corrected chi connectivity index (χ0v) is 11.8. The lowest BCUT2D eigenvalue weighted by molar-refractivity contribution is -0.0600. The van der Waals surface area contributed by atoms with Crippen LogP contribution in [0.25, 0.3) is 0 Å². The molecule has 2 aliphatic rings. The van der Waals surface area contributed by atoms with Gasteiger partial charge in [-0.3, -0.25) is 0 Å². The molecule has 1 saturated carbocycles. The van der Waals surface area contributed by atoms with E-state index in [-0.39, 0.29) is 17.6 Å². The first-order valence-electron chi connectivity index (χ1n) is 7.66. The molecule has 1 spiro atoms. The molecule has 106 valence electrons. The van der Waals surface area contributed by atoms with Crippen LogP contribution in [0.15, 0.2) is 0 Å². The molecule has 18 heavy (non-hydrogen) atoms. The second kappa shape index (κ2) is 5.89. The van der Waals surface area contributed by atoms with Gasteiger partial charge in [-0.25, -0.2) is 0 Å². The molecule has 2 rings (SSSR count). The first-order chi connectivity index (χ1) is 8.67. The van der Waals surface area contributed by atoms with Crippen molar-refractivity contribution in [1.82, 2.24) is 0 Å². The number of aliphatic hydroxyl groups excluding tert-OH is 1. The molecule has 0 bridgehead atoms. The van der Waals surface area contributed by atoms with Gasteiger partial charge in [-0.2, -0.15) is 0 Å². The molecule has 0 aromatic rings. The van der Waals surface area contributed by atoms with Crippen molar-refractivity contribution in [2.75, 3.05) is 13.2 Å². The maximum absolute atomic E-state index is 9.69. The Balaban J connectivity index is 1.92. The Kier molecular flexibility index (Phi) is 4.68. The lowest BCUT2D eigenvalue weighted by atomic mass is 9.78. The van der Waals surface area contributed by atoms with E-state index in [9.17, 15) is 5.11 Å². The summed E-state index contributed by atoms with van der Waals surface area (Å²) >= 11 is 0. The van der Waals surface area contributed by atoms with Gasteiger partial charge in [-0.05, 0) is 38.5 Å². The molecule has 0 aromatic heterocycles. The summed E-state index contributed by atoms with van der Waals surface area (Å²) in [5.41, 5.74) is 6.01. The Morgan fingerprint density at radius 2 is 2.06 bits per heavy atom. The number of rotatable bonds is 6. The number of ether oxygens (including phenoxy) is 1. The first-order valence-corrected chi connectivity index (χ1v) is 7.66. The largest absolute Gasteiger partial charge is 0.396 e. The van der Waals surface area contributed by atoms with Crippen LogP contribution in [0.3, 0.4) is 0 Å². The molecule has 3 nitrogen and oxygen atoms in total. The number of hydrogen-bond donors (Lipinski definition) is 2. The second-order valence-electron chi connectivity index (χ2n) is 6.49. The van der Waals surface area contributed by atoms with Gasteiger partial charge in [0.25, 0.3) is 0 Å². The third-order valence-corrected chi connectivity index (χ3v) is 5.06. The lowest BCUT2D eigenvalue weighted by Gasteiger charge is -2.33. The number of aliphatic hydroxyl groups is 1. The summed E-state index contributed by atoms with van der Waals surface area (Å²) in [7, 11) is 0. The van der Waals surface area contributed by atoms with Crippen LogP contribution in [0.5, 0.6) is 0 Å². The molecule has 2 unspecified atom stereocenters. The minimum atomic E-state index is -0.108. The summed E-state index contributed by atoms with van der Waals surface area (Å²) < 4.78 is 6.35. The average Bonchev–Trinajstić information content (AvgIpc) is 3.00. The van der Waals surface area contributed by atoms with Crippen LogP contribution in [0.1, 0.15) is 64.7 Å². The maximum atomic E-state index is 9.69. The summed E-state index contributed by atoms with van der Waals surface area (Å²) in [6.45, 7) is 2.93. The lowest BCUT2D eigenvalue weighted by Crippen LogP contribution is -2.38. The molecule has 1 saturated heterocycles. The predicted molar refractivity (Wildman–Crippen MR) is 73.4 cm³/mol. The quantitative estimate of drug-likeness (QED) is 0.767. The van der Waals surface area contributed by atoms with E-state index in [1.165, 1.54) is 32.1 Å². The molecule has 0 aromatic carbocycles. The highest BCUT2D eigenvalue weighted by molar-refractivity contribution is 4.95. The molecular weight excluding hydrogens is 226 g/mol. The van der Waals surface area contributed by atoms with Crippen molar-refractivity contribution >= 4 is 0 Å². The Labute approximate surface area is 111 Å². The van der Waals surface area contributed by atoms with E-state index in [0.29, 0.717) is 12.6 Å². The Hall–Kier alpha value is -0.120. The highest BCUT2D eigenvalue weighted by Gasteiger charge is 2.44. The molecule has 0 radical (unpaired) electrons. The van der Waals surface area contributed by atoms with E-state index in [0.717, 1.165) is 25.7 Å². The van der Waals surface area contributed by atoms with Gasteiger partial charge in [0.1, 0.15) is 0 Å². The van der Waals surface area contributed by atoms with E-state index < -0.39 is 0 Å². The summed E-state index contributed by atoms with van der Waals surface area (Å²) in [5.74, 6) is 0. The Morgan fingerprint density at radius 1 is 1.33 bits per heavy atom. The van der Waals surface area contributed by atoms with Crippen LogP contribution in [0.4, 0.5) is 0 Å². The summed E-state index contributed by atoms with van der Waals surface area (Å²) in [5, 5.41) is 9.69. The monoisotopic (exact) mass is 255 g/mol. The Morgan fingerprint density at radius 3 is 2.61 bits per heavy atom. The van der Waals surface area contributed by atoms with Crippen molar-refractivity contribution < 1.29 is 9.84 Å². The smallest absolute Gasteiger partial charge is 0.0687 e. The average molecular weight is 255 g/mol. The molecular formula is C15H29NO2. The van der Waals surface area contributed by atoms with Crippen LogP contribution >= 0.6 is 0 Å². The van der Waals surface area contributed by atoms with E-state index in [2.05, 4.69) is 6.92 Å². The molecule has 0 amide bonds. The van der Waals surface area contributed by atoms with Gasteiger partial charge in [0.15, 0.2) is 0 Å². The van der Waals surface area contributed by atoms with Gasteiger partial charge in [-0.15, -0.1) is 0 Å². The minimum Gasteiger partial charge on any atom is -0.396 e. The van der Waals surface area contributed by atoms with E-state index >= 15 is 0 Å². The zero-order chi connectivity index (χ0) is 13.1. The fourth-order valence-electron chi connectivity index (χ4n) is 3.94. The van der Waals surface area contributed by atoms with Crippen molar-refractivity contribution in [2.24, 2.45) is 11.1 Å². The van der Waals surface area contributed by atoms with Gasteiger partial charge in [-0.1, -0.05) is 26.2 Å². The van der Waals surface area contributed by atoms with Crippen LogP contribution in [-0.4, -0.2) is 30.0 Å². The molecule has 1 aliphatic heterocycles. The van der Waals surface area contributed by atoms with E-state index in [4.69, 9.17) is 10.5 Å². The van der Waals surface area contributed by atoms with Gasteiger partial charge < -0.3 is 15.6 Å². The van der Waals surface area contributed by atoms with Crippen LogP contribution in [0.2, 0.25) is 0 Å². The standard InChI is InChI=1S/C15H29NO2/c1-2-6-14(11-16,12-17)10-13-5-9-15(18-13)7-3-4-8-15/h13,17H,2-12,16H2,1H3. The third-order valence-electron chi connectivity index (χ3n) is 5.06. The fraction of sp³-hybridized carbons (Fsp3) is 1.00. The van der Waals surface area contributed by atoms with Crippen LogP contribution in [-0.2, 0) is 4.74 Å². The van der Waals surface area contributed by atoms with Crippen molar-refractivity contribution in [1.29, 1.82) is 0 Å². The van der Waals surface area contributed by atoms with Gasteiger partial charge in [0.05, 0.1) is 11.7 Å². The van der Waals surface area contributed by atoms with Crippen molar-refractivity contribution in [3.05, 3.63) is 0 Å². The number of nitrogens with two attached hydrogens (primary N) is 1. The fourth-order valence-corrected chi connectivity index (χ4v) is 3.94. The molecule has 3 heteroatoms. The first kappa shape index (κ1) is 14.3. The molecule has 3 N–H and O–H groups in total. The zero-order valence-electron chi connectivity index (χ0n) is 11.8. The summed E-state index contributed by atoms with van der Waals surface area (Å²) in [4.78, 5) is 0. The van der Waals surface area contributed by atoms with Gasteiger partial charge in [0, 0.05) is 18.6 Å². The summed E-state index contributed by atoms with van der Waals surface area (Å²) in [6.07, 6.45) is 10.9. The second-order valence-corrected chi connectivity index (χ2v) is 6.49. The highest BCUT2D eigenvalue weighted by Crippen LogP contribution is 2.46. The highest BCUT2D eigenvalue weighted by atomic mass is 16.5. The van der Waals surface area contributed by atoms with Crippen molar-refractivity contribution in [3.8, 4) is 0 Å². The molecule has 1 heterocycles. The SMILES string of the molecule is CCCC(CN)(CO)CC1CCC2(CCCC2)O1. The van der Waals surface area contributed by atoms with Crippen LogP contribution < -0.4 is 5.73 Å². The van der Waals surface area contributed by atoms with Crippen molar-refractivity contribution in [3.63, 3.8) is 0 Å². The van der Waals surface area contributed by atoms with Crippen molar-refractivity contribution in [2.45, 2.75) is 76.4 Å². The minimum absolute atomic E-state index is 0.108. The molecule has 2 fully saturated rings.